The van der Waals surface area contributed by atoms with Crippen LogP contribution in [0.3, 0.4) is 0 Å². The van der Waals surface area contributed by atoms with Gasteiger partial charge in [-0.3, -0.25) is 9.69 Å². The number of hydrogen-bond donors (Lipinski definition) is 0. The first-order valence-electron chi connectivity index (χ1n) is 28.4. The molecule has 8 fully saturated rings. The van der Waals surface area contributed by atoms with E-state index in [0.717, 1.165) is 112 Å². The lowest BCUT2D eigenvalue weighted by Crippen LogP contribution is -2.54. The standard InChI is InChI=1S/C57H97NO6/c1-39-11-25-49(26-12-39)58(50-27-13-45(14-28-50)44-9-7-6-8-10-44)51-29-19-46(20-30-51)57(4,47-21-35-52(61-5)36-22-47)48-23-37-55(38-24-48)64-56(60)63-54-33-17-43(18-34-54)40(2)42-15-31-53(32-16-42)62-41(3)59/h39-40,42-55H,6-38H2,1-5H3. The fourth-order valence-electron chi connectivity index (χ4n) is 17.0. The van der Waals surface area contributed by atoms with Crippen LogP contribution < -0.4 is 0 Å². The van der Waals surface area contributed by atoms with Gasteiger partial charge in [-0.05, 0) is 238 Å². The molecular weight excluding hydrogens is 795 g/mol. The van der Waals surface area contributed by atoms with E-state index in [-0.39, 0.29) is 24.3 Å². The van der Waals surface area contributed by atoms with E-state index in [1.807, 2.05) is 7.11 Å². The summed E-state index contributed by atoms with van der Waals surface area (Å²) in [5.41, 5.74) is 0.343. The molecule has 2 atom stereocenters. The minimum Gasteiger partial charge on any atom is -0.463 e. The van der Waals surface area contributed by atoms with Gasteiger partial charge in [-0.25, -0.2) is 4.79 Å². The molecule has 0 aromatic heterocycles. The zero-order chi connectivity index (χ0) is 44.6. The molecule has 7 nitrogen and oxygen atoms in total. The molecule has 8 rings (SSSR count). The number of nitrogens with zero attached hydrogens (tertiary/aromatic N) is 1. The molecule has 0 bridgehead atoms. The molecule has 0 saturated heterocycles. The van der Waals surface area contributed by atoms with Crippen molar-refractivity contribution >= 4 is 12.1 Å². The van der Waals surface area contributed by atoms with Gasteiger partial charge in [0.05, 0.1) is 6.10 Å². The largest absolute Gasteiger partial charge is 0.508 e. The first kappa shape index (κ1) is 49.1. The second-order valence-corrected chi connectivity index (χ2v) is 24.4. The molecule has 0 amide bonds. The van der Waals surface area contributed by atoms with Gasteiger partial charge in [-0.15, -0.1) is 0 Å². The molecule has 2 unspecified atom stereocenters. The van der Waals surface area contributed by atoms with Gasteiger partial charge in [0.15, 0.2) is 0 Å². The summed E-state index contributed by atoms with van der Waals surface area (Å²) in [7, 11) is 1.92. The molecule has 0 aliphatic heterocycles. The molecule has 0 aromatic carbocycles. The summed E-state index contributed by atoms with van der Waals surface area (Å²) in [4.78, 5) is 28.0. The van der Waals surface area contributed by atoms with Gasteiger partial charge in [0.2, 0.25) is 0 Å². The lowest BCUT2D eigenvalue weighted by atomic mass is 9.52. The van der Waals surface area contributed by atoms with Crippen molar-refractivity contribution in [1.82, 2.24) is 4.90 Å². The van der Waals surface area contributed by atoms with Crippen molar-refractivity contribution < 1.29 is 28.5 Å². The summed E-state index contributed by atoms with van der Waals surface area (Å²) < 4.78 is 23.6. The zero-order valence-corrected chi connectivity index (χ0v) is 42.0. The molecule has 8 saturated carbocycles. The lowest BCUT2D eigenvalue weighted by molar-refractivity contribution is -0.148. The molecule has 0 heterocycles. The highest BCUT2D eigenvalue weighted by molar-refractivity contribution is 5.66. The van der Waals surface area contributed by atoms with Crippen molar-refractivity contribution in [1.29, 1.82) is 0 Å². The first-order chi connectivity index (χ1) is 31.1. The Hall–Kier alpha value is -1.34. The molecule has 7 heteroatoms. The predicted octanol–water partition coefficient (Wildman–Crippen LogP) is 14.8. The average molecular weight is 892 g/mol. The highest BCUT2D eigenvalue weighted by Crippen LogP contribution is 2.57. The van der Waals surface area contributed by atoms with Crippen LogP contribution in [0.5, 0.6) is 0 Å². The Labute approximate surface area is 392 Å². The van der Waals surface area contributed by atoms with Crippen molar-refractivity contribution in [2.24, 2.45) is 58.7 Å². The molecular formula is C57H97NO6. The van der Waals surface area contributed by atoms with Crippen LogP contribution in [0.4, 0.5) is 4.79 Å². The third-order valence-corrected chi connectivity index (χ3v) is 21.1. The Morgan fingerprint density at radius 1 is 0.469 bits per heavy atom. The third kappa shape index (κ3) is 12.3. The number of rotatable bonds is 13. The highest BCUT2D eigenvalue weighted by atomic mass is 16.7. The molecule has 0 N–H and O–H groups in total. The number of hydrogen-bond acceptors (Lipinski definition) is 7. The molecule has 0 aromatic rings. The van der Waals surface area contributed by atoms with Crippen molar-refractivity contribution in [3.8, 4) is 0 Å². The normalized spacial score (nSPS) is 41.0. The summed E-state index contributed by atoms with van der Waals surface area (Å²) >= 11 is 0. The van der Waals surface area contributed by atoms with E-state index in [4.69, 9.17) is 18.9 Å². The SMILES string of the molecule is COC1CCC(C(C)(C2CCC(OC(=O)OC3CCC(C(C)C4CCC(OC(C)=O)CC4)CC3)CC2)C2CCC(N(C3CCC(C)CC3)C3CCC(C4CCCCC4)CC3)CC2)CC1. The van der Waals surface area contributed by atoms with E-state index in [0.29, 0.717) is 35.2 Å². The Balaban J connectivity index is 0.829. The van der Waals surface area contributed by atoms with Crippen LogP contribution in [0.2, 0.25) is 0 Å². The second kappa shape index (κ2) is 23.3. The number of ether oxygens (including phenoxy) is 4. The number of esters is 1. The van der Waals surface area contributed by atoms with E-state index in [1.165, 1.54) is 155 Å². The lowest BCUT2D eigenvalue weighted by Gasteiger charge is -2.56. The Bertz CT molecular complexity index is 1390. The summed E-state index contributed by atoms with van der Waals surface area (Å²) in [6.07, 6.45) is 42.7. The van der Waals surface area contributed by atoms with Gasteiger partial charge >= 0.3 is 12.1 Å². The number of methoxy groups -OCH3 is 1. The van der Waals surface area contributed by atoms with Crippen LogP contribution >= 0.6 is 0 Å². The molecule has 64 heavy (non-hydrogen) atoms. The smallest absolute Gasteiger partial charge is 0.463 e. The van der Waals surface area contributed by atoms with Crippen molar-refractivity contribution in [3.63, 3.8) is 0 Å². The minimum atomic E-state index is -0.415. The van der Waals surface area contributed by atoms with E-state index in [1.54, 1.807) is 0 Å². The topological polar surface area (TPSA) is 74.3 Å². The summed E-state index contributed by atoms with van der Waals surface area (Å²) in [5.74, 6) is 7.13. The molecule has 366 valence electrons. The number of carbonyl (C=O) groups is 2. The molecule has 0 radical (unpaired) electrons. The second-order valence-electron chi connectivity index (χ2n) is 24.4. The quantitative estimate of drug-likeness (QED) is 0.171. The first-order valence-corrected chi connectivity index (χ1v) is 28.4. The Morgan fingerprint density at radius 3 is 1.30 bits per heavy atom. The Kier molecular flexibility index (Phi) is 17.9. The molecule has 0 spiro atoms. The fraction of sp³-hybridized carbons (Fsp3) is 0.965. The van der Waals surface area contributed by atoms with Crippen molar-refractivity contribution in [2.75, 3.05) is 7.11 Å². The Morgan fingerprint density at radius 2 is 0.844 bits per heavy atom. The predicted molar refractivity (Wildman–Crippen MR) is 258 cm³/mol. The van der Waals surface area contributed by atoms with Crippen LogP contribution in [-0.2, 0) is 23.7 Å². The van der Waals surface area contributed by atoms with Crippen LogP contribution in [-0.4, -0.2) is 66.7 Å². The fourth-order valence-corrected chi connectivity index (χ4v) is 17.0. The highest BCUT2D eigenvalue weighted by Gasteiger charge is 2.51. The zero-order valence-electron chi connectivity index (χ0n) is 42.0. The van der Waals surface area contributed by atoms with Crippen molar-refractivity contribution in [3.05, 3.63) is 0 Å². The van der Waals surface area contributed by atoms with Crippen molar-refractivity contribution in [2.45, 2.75) is 282 Å². The van der Waals surface area contributed by atoms with E-state index in [9.17, 15) is 9.59 Å². The van der Waals surface area contributed by atoms with Crippen LogP contribution in [0.15, 0.2) is 0 Å². The molecule has 8 aliphatic rings. The number of carbonyl (C=O) groups excluding carboxylic acids is 2. The maximum absolute atomic E-state index is 13.3. The van der Waals surface area contributed by atoms with Gasteiger partial charge in [0.25, 0.3) is 0 Å². The average Bonchev–Trinajstić information content (AvgIpc) is 3.33. The minimum absolute atomic E-state index is 0.00796. The van der Waals surface area contributed by atoms with E-state index in [2.05, 4.69) is 25.7 Å². The molecule has 8 aliphatic carbocycles. The van der Waals surface area contributed by atoms with E-state index >= 15 is 0 Å². The van der Waals surface area contributed by atoms with Gasteiger partial charge in [-0.2, -0.15) is 0 Å². The van der Waals surface area contributed by atoms with Crippen LogP contribution in [0, 0.1) is 58.7 Å². The third-order valence-electron chi connectivity index (χ3n) is 21.1. The van der Waals surface area contributed by atoms with Crippen LogP contribution in [0.1, 0.15) is 240 Å². The summed E-state index contributed by atoms with van der Waals surface area (Å²) in [6.45, 7) is 9.22. The van der Waals surface area contributed by atoms with Gasteiger partial charge in [0.1, 0.15) is 18.3 Å². The van der Waals surface area contributed by atoms with Crippen LogP contribution in [0.25, 0.3) is 0 Å². The summed E-state index contributed by atoms with van der Waals surface area (Å²) in [6, 6.07) is 2.43. The summed E-state index contributed by atoms with van der Waals surface area (Å²) in [5, 5.41) is 0. The van der Waals surface area contributed by atoms with Gasteiger partial charge in [0, 0.05) is 32.2 Å². The van der Waals surface area contributed by atoms with Gasteiger partial charge in [-0.1, -0.05) is 52.9 Å². The maximum Gasteiger partial charge on any atom is 0.508 e. The maximum atomic E-state index is 13.3. The van der Waals surface area contributed by atoms with Gasteiger partial charge < -0.3 is 18.9 Å². The van der Waals surface area contributed by atoms with E-state index < -0.39 is 6.16 Å². The monoisotopic (exact) mass is 892 g/mol.